The number of rotatable bonds is 3. The number of hydrogen-bond donors (Lipinski definition) is 2. The number of hydrogen-bond acceptors (Lipinski definition) is 4. The quantitative estimate of drug-likeness (QED) is 0.757. The molecule has 0 saturated carbocycles. The number of aromatic nitrogens is 1. The molecular weight excluding hydrogens is 188 g/mol. The van der Waals surface area contributed by atoms with Gasteiger partial charge in [-0.25, -0.2) is 0 Å². The molecule has 15 heavy (non-hydrogen) atoms. The average molecular weight is 206 g/mol. The van der Waals surface area contributed by atoms with E-state index in [4.69, 9.17) is 0 Å². The van der Waals surface area contributed by atoms with Crippen molar-refractivity contribution in [1.29, 1.82) is 0 Å². The molecule has 1 aromatic rings. The summed E-state index contributed by atoms with van der Waals surface area (Å²) in [7, 11) is 1.93. The van der Waals surface area contributed by atoms with E-state index in [1.807, 2.05) is 19.3 Å². The number of pyridine rings is 1. The first-order chi connectivity index (χ1) is 7.38. The molecule has 2 N–H and O–H groups in total. The normalized spacial score (nSPS) is 17.7. The molecule has 2 heterocycles. The maximum Gasteiger partial charge on any atom is 0.0564 e. The molecule has 0 bridgehead atoms. The molecule has 0 spiro atoms. The lowest BCUT2D eigenvalue weighted by molar-refractivity contribution is 0.231. The molecule has 1 aliphatic rings. The molecule has 0 radical (unpaired) electrons. The standard InChI is InChI=1S/C11H18N4/c1-12-10-2-3-14-11(8-10)9-15-6-4-13-5-7-15/h2-3,8,13H,4-7,9H2,1H3,(H,12,14). The SMILES string of the molecule is CNc1ccnc(CN2CCNCC2)c1. The van der Waals surface area contributed by atoms with Crippen LogP contribution in [0.25, 0.3) is 0 Å². The van der Waals surface area contributed by atoms with Crippen LogP contribution in [-0.2, 0) is 6.54 Å². The van der Waals surface area contributed by atoms with Gasteiger partial charge in [-0.3, -0.25) is 9.88 Å². The first kappa shape index (κ1) is 10.4. The van der Waals surface area contributed by atoms with Crippen LogP contribution >= 0.6 is 0 Å². The van der Waals surface area contributed by atoms with Gasteiger partial charge in [0.15, 0.2) is 0 Å². The Morgan fingerprint density at radius 2 is 2.27 bits per heavy atom. The van der Waals surface area contributed by atoms with E-state index in [2.05, 4.69) is 26.6 Å². The molecule has 1 fully saturated rings. The highest BCUT2D eigenvalue weighted by Crippen LogP contribution is 2.09. The Morgan fingerprint density at radius 1 is 1.47 bits per heavy atom. The Balaban J connectivity index is 1.96. The highest BCUT2D eigenvalue weighted by atomic mass is 15.2. The van der Waals surface area contributed by atoms with E-state index < -0.39 is 0 Å². The smallest absolute Gasteiger partial charge is 0.0564 e. The maximum atomic E-state index is 4.38. The zero-order chi connectivity index (χ0) is 10.5. The van der Waals surface area contributed by atoms with Gasteiger partial charge in [0.1, 0.15) is 0 Å². The summed E-state index contributed by atoms with van der Waals surface area (Å²) < 4.78 is 0. The van der Waals surface area contributed by atoms with E-state index in [0.717, 1.165) is 44.1 Å². The third kappa shape index (κ3) is 2.91. The summed E-state index contributed by atoms with van der Waals surface area (Å²) in [5.41, 5.74) is 2.28. The van der Waals surface area contributed by atoms with E-state index in [9.17, 15) is 0 Å². The fourth-order valence-corrected chi connectivity index (χ4v) is 1.82. The van der Waals surface area contributed by atoms with Gasteiger partial charge in [0.05, 0.1) is 5.69 Å². The average Bonchev–Trinajstić information content (AvgIpc) is 2.31. The van der Waals surface area contributed by atoms with Gasteiger partial charge in [0.2, 0.25) is 0 Å². The number of piperazine rings is 1. The van der Waals surface area contributed by atoms with Gasteiger partial charge in [-0.1, -0.05) is 0 Å². The van der Waals surface area contributed by atoms with E-state index in [0.29, 0.717) is 0 Å². The Bertz CT molecular complexity index is 307. The third-order valence-corrected chi connectivity index (χ3v) is 2.70. The van der Waals surface area contributed by atoms with E-state index in [1.165, 1.54) is 0 Å². The van der Waals surface area contributed by atoms with Crippen LogP contribution in [-0.4, -0.2) is 43.1 Å². The van der Waals surface area contributed by atoms with E-state index in [1.54, 1.807) is 0 Å². The van der Waals surface area contributed by atoms with Gasteiger partial charge < -0.3 is 10.6 Å². The second kappa shape index (κ2) is 5.09. The van der Waals surface area contributed by atoms with Gasteiger partial charge in [0.25, 0.3) is 0 Å². The maximum absolute atomic E-state index is 4.38. The Labute approximate surface area is 90.7 Å². The van der Waals surface area contributed by atoms with Gasteiger partial charge >= 0.3 is 0 Å². The lowest BCUT2D eigenvalue weighted by Crippen LogP contribution is -2.43. The Morgan fingerprint density at radius 3 is 3.00 bits per heavy atom. The third-order valence-electron chi connectivity index (χ3n) is 2.70. The molecule has 0 aromatic carbocycles. The summed E-state index contributed by atoms with van der Waals surface area (Å²) in [6, 6.07) is 4.10. The largest absolute Gasteiger partial charge is 0.388 e. The molecule has 2 rings (SSSR count). The highest BCUT2D eigenvalue weighted by Gasteiger charge is 2.10. The predicted molar refractivity (Wildman–Crippen MR) is 61.9 cm³/mol. The highest BCUT2D eigenvalue weighted by molar-refractivity contribution is 5.42. The molecular formula is C11H18N4. The van der Waals surface area contributed by atoms with Crippen molar-refractivity contribution in [2.45, 2.75) is 6.54 Å². The monoisotopic (exact) mass is 206 g/mol. The van der Waals surface area contributed by atoms with E-state index in [-0.39, 0.29) is 0 Å². The lowest BCUT2D eigenvalue weighted by atomic mass is 10.2. The Kier molecular flexibility index (Phi) is 3.53. The second-order valence-corrected chi connectivity index (χ2v) is 3.81. The van der Waals surface area contributed by atoms with Crippen molar-refractivity contribution in [2.24, 2.45) is 0 Å². The first-order valence-corrected chi connectivity index (χ1v) is 5.44. The Hall–Kier alpha value is -1.13. The van der Waals surface area contributed by atoms with E-state index >= 15 is 0 Å². The van der Waals surface area contributed by atoms with Gasteiger partial charge in [-0.15, -0.1) is 0 Å². The second-order valence-electron chi connectivity index (χ2n) is 3.81. The lowest BCUT2D eigenvalue weighted by Gasteiger charge is -2.26. The zero-order valence-corrected chi connectivity index (χ0v) is 9.16. The number of nitrogens with one attached hydrogen (secondary N) is 2. The van der Waals surface area contributed by atoms with Crippen LogP contribution in [0.15, 0.2) is 18.3 Å². The minimum atomic E-state index is 0.956. The fourth-order valence-electron chi connectivity index (χ4n) is 1.82. The van der Waals surface area contributed by atoms with Crippen LogP contribution in [0.1, 0.15) is 5.69 Å². The zero-order valence-electron chi connectivity index (χ0n) is 9.16. The van der Waals surface area contributed by atoms with Crippen molar-refractivity contribution in [3.8, 4) is 0 Å². The molecule has 0 unspecified atom stereocenters. The van der Waals surface area contributed by atoms with Gasteiger partial charge in [0, 0.05) is 51.7 Å². The summed E-state index contributed by atoms with van der Waals surface area (Å²) in [4.78, 5) is 6.81. The molecule has 0 aliphatic carbocycles. The first-order valence-electron chi connectivity index (χ1n) is 5.44. The summed E-state index contributed by atoms with van der Waals surface area (Å²) in [5, 5.41) is 6.48. The van der Waals surface area contributed by atoms with Gasteiger partial charge in [-0.05, 0) is 12.1 Å². The minimum absolute atomic E-state index is 0.956. The minimum Gasteiger partial charge on any atom is -0.388 e. The van der Waals surface area contributed by atoms with Gasteiger partial charge in [-0.2, -0.15) is 0 Å². The van der Waals surface area contributed by atoms with Crippen molar-refractivity contribution in [1.82, 2.24) is 15.2 Å². The molecule has 1 aliphatic heterocycles. The van der Waals surface area contributed by atoms with Crippen LogP contribution in [0.5, 0.6) is 0 Å². The van der Waals surface area contributed by atoms with Crippen LogP contribution in [0, 0.1) is 0 Å². The predicted octanol–water partition coefficient (Wildman–Crippen LogP) is 0.528. The van der Waals surface area contributed by atoms with Crippen LogP contribution in [0.2, 0.25) is 0 Å². The fraction of sp³-hybridized carbons (Fsp3) is 0.545. The summed E-state index contributed by atoms with van der Waals surface area (Å²) in [6.07, 6.45) is 1.86. The topological polar surface area (TPSA) is 40.2 Å². The molecule has 1 saturated heterocycles. The number of anilines is 1. The molecule has 4 heteroatoms. The molecule has 0 amide bonds. The summed E-state index contributed by atoms with van der Waals surface area (Å²) >= 11 is 0. The van der Waals surface area contributed by atoms with Crippen molar-refractivity contribution >= 4 is 5.69 Å². The molecule has 0 atom stereocenters. The van der Waals surface area contributed by atoms with Crippen molar-refractivity contribution in [3.63, 3.8) is 0 Å². The van der Waals surface area contributed by atoms with Crippen molar-refractivity contribution in [2.75, 3.05) is 38.5 Å². The molecule has 1 aromatic heterocycles. The summed E-state index contributed by atoms with van der Waals surface area (Å²) in [5.74, 6) is 0. The van der Waals surface area contributed by atoms with Crippen molar-refractivity contribution < 1.29 is 0 Å². The van der Waals surface area contributed by atoms with Crippen molar-refractivity contribution in [3.05, 3.63) is 24.0 Å². The number of nitrogens with zero attached hydrogens (tertiary/aromatic N) is 2. The summed E-state index contributed by atoms with van der Waals surface area (Å²) in [6.45, 7) is 5.37. The molecule has 82 valence electrons. The van der Waals surface area contributed by atoms with Crippen LogP contribution in [0.3, 0.4) is 0 Å². The molecule has 4 nitrogen and oxygen atoms in total. The van der Waals surface area contributed by atoms with Crippen LogP contribution in [0.4, 0.5) is 5.69 Å². The van der Waals surface area contributed by atoms with Crippen LogP contribution < -0.4 is 10.6 Å².